The molecule has 6 nitrogen and oxygen atoms in total. The molecule has 2 aromatic carbocycles. The third kappa shape index (κ3) is 4.34. The molecule has 1 unspecified atom stereocenters. The highest BCUT2D eigenvalue weighted by molar-refractivity contribution is 5.94. The quantitative estimate of drug-likeness (QED) is 0.733. The highest BCUT2D eigenvalue weighted by atomic mass is 16.1. The van der Waals surface area contributed by atoms with Gasteiger partial charge in [0, 0.05) is 30.9 Å². The highest BCUT2D eigenvalue weighted by Gasteiger charge is 2.23. The van der Waals surface area contributed by atoms with Crippen LogP contribution in [0.25, 0.3) is 0 Å². The fourth-order valence-corrected chi connectivity index (χ4v) is 3.47. The van der Waals surface area contributed by atoms with Crippen LogP contribution in [0.2, 0.25) is 0 Å². The molecular weight excluding hydrogens is 338 g/mol. The van der Waals surface area contributed by atoms with Crippen LogP contribution in [0.3, 0.4) is 0 Å². The largest absolute Gasteiger partial charge is 0.371 e. The van der Waals surface area contributed by atoms with Gasteiger partial charge in [0.05, 0.1) is 6.54 Å². The van der Waals surface area contributed by atoms with Crippen molar-refractivity contribution in [1.82, 2.24) is 20.1 Å². The van der Waals surface area contributed by atoms with E-state index >= 15 is 0 Å². The summed E-state index contributed by atoms with van der Waals surface area (Å²) in [4.78, 5) is 18.7. The minimum Gasteiger partial charge on any atom is -0.371 e. The fourth-order valence-electron chi connectivity index (χ4n) is 3.47. The predicted octanol–water partition coefficient (Wildman–Crippen LogP) is 2.58. The molecule has 1 N–H and O–H groups in total. The van der Waals surface area contributed by atoms with Crippen molar-refractivity contribution in [2.45, 2.75) is 13.0 Å². The minimum absolute atomic E-state index is 0.0135. The lowest BCUT2D eigenvalue weighted by Gasteiger charge is -2.18. The third-order valence-corrected chi connectivity index (χ3v) is 4.99. The zero-order chi connectivity index (χ0) is 18.5. The molecule has 4 rings (SSSR count). The lowest BCUT2D eigenvalue weighted by Crippen LogP contribution is -2.31. The van der Waals surface area contributed by atoms with E-state index in [9.17, 15) is 4.79 Å². The first-order chi connectivity index (χ1) is 13.3. The van der Waals surface area contributed by atoms with E-state index in [1.165, 1.54) is 12.0 Å². The van der Waals surface area contributed by atoms with E-state index in [0.717, 1.165) is 25.1 Å². The lowest BCUT2D eigenvalue weighted by molar-refractivity contribution is 0.0948. The molecular formula is C21H23N5O. The third-order valence-electron chi connectivity index (χ3n) is 4.99. The number of hydrogen-bond donors (Lipinski definition) is 1. The molecule has 0 radical (unpaired) electrons. The molecule has 6 heteroatoms. The van der Waals surface area contributed by atoms with E-state index in [1.54, 1.807) is 11.0 Å². The Kier molecular flexibility index (Phi) is 5.14. The first kappa shape index (κ1) is 17.3. The van der Waals surface area contributed by atoms with Crippen LogP contribution in [0.4, 0.5) is 5.69 Å². The first-order valence-corrected chi connectivity index (χ1v) is 9.27. The SMILES string of the molecule is O=C(NCC1CCN(c2ccccc2)C1)c1ccc(Cn2cncn2)cc1. The van der Waals surface area contributed by atoms with E-state index in [-0.39, 0.29) is 5.91 Å². The van der Waals surface area contributed by atoms with Crippen LogP contribution in [-0.4, -0.2) is 40.3 Å². The van der Waals surface area contributed by atoms with E-state index in [0.29, 0.717) is 24.6 Å². The molecule has 1 atom stereocenters. The summed E-state index contributed by atoms with van der Waals surface area (Å²) in [5.41, 5.74) is 3.04. The average molecular weight is 361 g/mol. The number of carbonyl (C=O) groups excluding carboxylic acids is 1. The maximum atomic E-state index is 12.4. The van der Waals surface area contributed by atoms with Crippen LogP contribution in [-0.2, 0) is 6.54 Å². The second-order valence-corrected chi connectivity index (χ2v) is 6.94. The van der Waals surface area contributed by atoms with Gasteiger partial charge in [-0.2, -0.15) is 5.10 Å². The molecule has 0 spiro atoms. The molecule has 3 aromatic rings. The standard InChI is InChI=1S/C21H23N5O/c27-21(19-8-6-17(7-9-19)14-26-16-22-15-24-26)23-12-18-10-11-25(13-18)20-4-2-1-3-5-20/h1-9,15-16,18H,10-14H2,(H,23,27). The Morgan fingerprint density at radius 1 is 1.11 bits per heavy atom. The van der Waals surface area contributed by atoms with Gasteiger partial charge in [0.1, 0.15) is 12.7 Å². The molecule has 1 aromatic heterocycles. The Labute approximate surface area is 158 Å². The zero-order valence-electron chi connectivity index (χ0n) is 15.2. The topological polar surface area (TPSA) is 63.1 Å². The summed E-state index contributed by atoms with van der Waals surface area (Å²) < 4.78 is 1.76. The average Bonchev–Trinajstić information content (AvgIpc) is 3.39. The molecule has 1 amide bonds. The van der Waals surface area contributed by atoms with Crippen LogP contribution in [0.1, 0.15) is 22.3 Å². The summed E-state index contributed by atoms with van der Waals surface area (Å²) in [6.07, 6.45) is 4.30. The Balaban J connectivity index is 1.27. The fraction of sp³-hybridized carbons (Fsp3) is 0.286. The summed E-state index contributed by atoms with van der Waals surface area (Å²) in [5.74, 6) is 0.473. The molecule has 1 fully saturated rings. The minimum atomic E-state index is -0.0135. The molecule has 1 saturated heterocycles. The van der Waals surface area contributed by atoms with Gasteiger partial charge in [-0.3, -0.25) is 4.79 Å². The molecule has 27 heavy (non-hydrogen) atoms. The van der Waals surface area contributed by atoms with E-state index < -0.39 is 0 Å². The van der Waals surface area contributed by atoms with Gasteiger partial charge in [-0.05, 0) is 42.2 Å². The summed E-state index contributed by atoms with van der Waals surface area (Å²) >= 11 is 0. The summed E-state index contributed by atoms with van der Waals surface area (Å²) in [7, 11) is 0. The van der Waals surface area contributed by atoms with Crippen molar-refractivity contribution in [2.24, 2.45) is 5.92 Å². The van der Waals surface area contributed by atoms with Gasteiger partial charge >= 0.3 is 0 Å². The summed E-state index contributed by atoms with van der Waals surface area (Å²) in [6.45, 7) is 3.39. The van der Waals surface area contributed by atoms with Gasteiger partial charge < -0.3 is 10.2 Å². The molecule has 1 aliphatic rings. The second-order valence-electron chi connectivity index (χ2n) is 6.94. The number of anilines is 1. The van der Waals surface area contributed by atoms with Crippen LogP contribution < -0.4 is 10.2 Å². The van der Waals surface area contributed by atoms with Crippen molar-refractivity contribution in [1.29, 1.82) is 0 Å². The first-order valence-electron chi connectivity index (χ1n) is 9.27. The monoisotopic (exact) mass is 361 g/mol. The summed E-state index contributed by atoms with van der Waals surface area (Å²) in [6, 6.07) is 18.1. The number of rotatable bonds is 6. The van der Waals surface area contributed by atoms with Gasteiger partial charge in [-0.1, -0.05) is 30.3 Å². The number of aromatic nitrogens is 3. The lowest BCUT2D eigenvalue weighted by atomic mass is 10.1. The number of benzene rings is 2. The van der Waals surface area contributed by atoms with Crippen molar-refractivity contribution in [3.05, 3.63) is 78.4 Å². The Bertz CT molecular complexity index is 861. The Hall–Kier alpha value is -3.15. The summed E-state index contributed by atoms with van der Waals surface area (Å²) in [5, 5.41) is 7.18. The highest BCUT2D eigenvalue weighted by Crippen LogP contribution is 2.23. The van der Waals surface area contributed by atoms with Gasteiger partial charge in [-0.25, -0.2) is 9.67 Å². The number of nitrogens with one attached hydrogen (secondary N) is 1. The molecule has 138 valence electrons. The van der Waals surface area contributed by atoms with E-state index in [4.69, 9.17) is 0 Å². The second kappa shape index (κ2) is 8.03. The number of nitrogens with zero attached hydrogens (tertiary/aromatic N) is 4. The van der Waals surface area contributed by atoms with Crippen molar-refractivity contribution < 1.29 is 4.79 Å². The maximum Gasteiger partial charge on any atom is 0.251 e. The maximum absolute atomic E-state index is 12.4. The number of hydrogen-bond acceptors (Lipinski definition) is 4. The van der Waals surface area contributed by atoms with Gasteiger partial charge in [0.15, 0.2) is 0 Å². The molecule has 0 bridgehead atoms. The molecule has 1 aliphatic heterocycles. The van der Waals surface area contributed by atoms with Crippen molar-refractivity contribution >= 4 is 11.6 Å². The normalized spacial score (nSPS) is 16.4. The van der Waals surface area contributed by atoms with Crippen LogP contribution in [0.15, 0.2) is 67.3 Å². The van der Waals surface area contributed by atoms with Crippen LogP contribution in [0.5, 0.6) is 0 Å². The molecule has 0 saturated carbocycles. The number of carbonyl (C=O) groups is 1. The van der Waals surface area contributed by atoms with Crippen molar-refractivity contribution in [3.8, 4) is 0 Å². The Morgan fingerprint density at radius 2 is 1.93 bits per heavy atom. The predicted molar refractivity (Wildman–Crippen MR) is 105 cm³/mol. The van der Waals surface area contributed by atoms with E-state index in [1.807, 2.05) is 30.3 Å². The smallest absolute Gasteiger partial charge is 0.251 e. The van der Waals surface area contributed by atoms with Gasteiger partial charge in [0.25, 0.3) is 5.91 Å². The number of amides is 1. The zero-order valence-corrected chi connectivity index (χ0v) is 15.2. The van der Waals surface area contributed by atoms with Crippen molar-refractivity contribution in [2.75, 3.05) is 24.5 Å². The molecule has 2 heterocycles. The van der Waals surface area contributed by atoms with Crippen LogP contribution >= 0.6 is 0 Å². The van der Waals surface area contributed by atoms with Gasteiger partial charge in [-0.15, -0.1) is 0 Å². The molecule has 0 aliphatic carbocycles. The van der Waals surface area contributed by atoms with Crippen molar-refractivity contribution in [3.63, 3.8) is 0 Å². The van der Waals surface area contributed by atoms with Gasteiger partial charge in [0.2, 0.25) is 0 Å². The van der Waals surface area contributed by atoms with E-state index in [2.05, 4.69) is 44.6 Å². The van der Waals surface area contributed by atoms with Crippen LogP contribution in [0, 0.1) is 5.92 Å². The Morgan fingerprint density at radius 3 is 2.67 bits per heavy atom. The number of para-hydroxylation sites is 1.